The maximum atomic E-state index is 11.9. The third kappa shape index (κ3) is 3.58. The number of rotatable bonds is 3. The van der Waals surface area contributed by atoms with Gasteiger partial charge < -0.3 is 14.4 Å². The van der Waals surface area contributed by atoms with Gasteiger partial charge in [-0.15, -0.1) is 0 Å². The molecule has 122 valence electrons. The number of carbonyl (C=O) groups excluding carboxylic acids is 2. The number of hydrogen-bond donors (Lipinski definition) is 0. The van der Waals surface area contributed by atoms with Gasteiger partial charge in [-0.1, -0.05) is 0 Å². The van der Waals surface area contributed by atoms with Crippen LogP contribution in [0.2, 0.25) is 0 Å². The maximum Gasteiger partial charge on any atom is 0.410 e. The van der Waals surface area contributed by atoms with Gasteiger partial charge in [0, 0.05) is 24.8 Å². The zero-order valence-electron chi connectivity index (χ0n) is 13.8. The quantitative estimate of drug-likeness (QED) is 0.800. The molecule has 1 amide bonds. The van der Waals surface area contributed by atoms with Crippen molar-refractivity contribution in [1.29, 1.82) is 0 Å². The van der Waals surface area contributed by atoms with Crippen molar-refractivity contribution in [3.63, 3.8) is 0 Å². The molecule has 1 saturated heterocycles. The Morgan fingerprint density at radius 2 is 2.00 bits per heavy atom. The van der Waals surface area contributed by atoms with E-state index < -0.39 is 11.6 Å². The van der Waals surface area contributed by atoms with Gasteiger partial charge in [0.15, 0.2) is 5.69 Å². The first kappa shape index (κ1) is 16.3. The molecule has 0 aromatic carbocycles. The number of carbonyl (C=O) groups is 2. The van der Waals surface area contributed by atoms with Gasteiger partial charge in [0.25, 0.3) is 0 Å². The van der Waals surface area contributed by atoms with Crippen molar-refractivity contribution in [1.82, 2.24) is 14.7 Å². The van der Waals surface area contributed by atoms with E-state index in [1.165, 1.54) is 0 Å². The Hall–Kier alpha value is -2.05. The number of esters is 1. The summed E-state index contributed by atoms with van der Waals surface area (Å²) in [6.07, 6.45) is 1.49. The van der Waals surface area contributed by atoms with Gasteiger partial charge >= 0.3 is 12.1 Å². The van der Waals surface area contributed by atoms with Crippen LogP contribution in [0.5, 0.6) is 0 Å². The van der Waals surface area contributed by atoms with E-state index >= 15 is 0 Å². The summed E-state index contributed by atoms with van der Waals surface area (Å²) in [6, 6.07) is 0.0643. The van der Waals surface area contributed by atoms with Gasteiger partial charge in [0.2, 0.25) is 0 Å². The molecule has 0 unspecified atom stereocenters. The van der Waals surface area contributed by atoms with Crippen molar-refractivity contribution >= 4 is 12.1 Å². The van der Waals surface area contributed by atoms with Gasteiger partial charge in [-0.05, 0) is 34.6 Å². The van der Waals surface area contributed by atoms with Crippen molar-refractivity contribution in [2.75, 3.05) is 19.7 Å². The van der Waals surface area contributed by atoms with E-state index in [1.54, 1.807) is 16.5 Å². The lowest BCUT2D eigenvalue weighted by atomic mass is 10.1. The molecule has 0 spiro atoms. The minimum atomic E-state index is -0.498. The van der Waals surface area contributed by atoms with E-state index in [1.807, 2.05) is 33.9 Å². The number of amides is 1. The molecule has 1 aromatic rings. The predicted octanol–water partition coefficient (Wildman–Crippen LogP) is 2.16. The summed E-state index contributed by atoms with van der Waals surface area (Å²) in [5.41, 5.74) is 0.605. The average molecular weight is 309 g/mol. The molecule has 0 aliphatic carbocycles. The molecule has 0 N–H and O–H groups in total. The highest BCUT2D eigenvalue weighted by Crippen LogP contribution is 2.24. The van der Waals surface area contributed by atoms with E-state index in [2.05, 4.69) is 5.10 Å². The van der Waals surface area contributed by atoms with Gasteiger partial charge in [-0.25, -0.2) is 9.59 Å². The molecule has 22 heavy (non-hydrogen) atoms. The third-order valence-electron chi connectivity index (χ3n) is 3.27. The number of hydrogen-bond acceptors (Lipinski definition) is 5. The molecular weight excluding hydrogens is 286 g/mol. The number of aromatic nitrogens is 2. The van der Waals surface area contributed by atoms with Crippen LogP contribution in [-0.4, -0.2) is 52.0 Å². The van der Waals surface area contributed by atoms with E-state index in [9.17, 15) is 9.59 Å². The zero-order chi connectivity index (χ0) is 16.5. The molecule has 0 saturated carbocycles. The number of ether oxygens (including phenoxy) is 2. The first-order valence-corrected chi connectivity index (χ1v) is 7.42. The first-order valence-electron chi connectivity index (χ1n) is 7.42. The fourth-order valence-electron chi connectivity index (χ4n) is 2.17. The number of aryl methyl sites for hydroxylation is 1. The highest BCUT2D eigenvalue weighted by atomic mass is 16.6. The van der Waals surface area contributed by atoms with Crippen molar-refractivity contribution in [2.45, 2.75) is 46.3 Å². The van der Waals surface area contributed by atoms with Crippen LogP contribution in [0.3, 0.4) is 0 Å². The summed E-state index contributed by atoms with van der Waals surface area (Å²) >= 11 is 0. The summed E-state index contributed by atoms with van der Waals surface area (Å²) in [5.74, 6) is -0.415. The SMILES string of the molecule is CCOC(=O)c1nn(C2CN(C(=O)OC(C)(C)C)C2)cc1C. The monoisotopic (exact) mass is 309 g/mol. The average Bonchev–Trinajstić information content (AvgIpc) is 2.67. The van der Waals surface area contributed by atoms with Crippen molar-refractivity contribution in [3.8, 4) is 0 Å². The maximum absolute atomic E-state index is 11.9. The fraction of sp³-hybridized carbons (Fsp3) is 0.667. The van der Waals surface area contributed by atoms with Crippen LogP contribution in [0, 0.1) is 6.92 Å². The lowest BCUT2D eigenvalue weighted by molar-refractivity contribution is -0.000565. The summed E-state index contributed by atoms with van der Waals surface area (Å²) in [4.78, 5) is 25.3. The molecular formula is C15H23N3O4. The summed E-state index contributed by atoms with van der Waals surface area (Å²) in [5, 5.41) is 4.28. The normalized spacial score (nSPS) is 15.4. The van der Waals surface area contributed by atoms with Crippen LogP contribution in [0.1, 0.15) is 49.8 Å². The van der Waals surface area contributed by atoms with Crippen molar-refractivity contribution in [3.05, 3.63) is 17.5 Å². The molecule has 1 aliphatic rings. The van der Waals surface area contributed by atoms with Crippen molar-refractivity contribution < 1.29 is 19.1 Å². The smallest absolute Gasteiger partial charge is 0.410 e. The van der Waals surface area contributed by atoms with Crippen LogP contribution < -0.4 is 0 Å². The van der Waals surface area contributed by atoms with E-state index in [0.29, 0.717) is 25.4 Å². The van der Waals surface area contributed by atoms with Crippen LogP contribution in [0.25, 0.3) is 0 Å². The Morgan fingerprint density at radius 1 is 1.36 bits per heavy atom. The Balaban J connectivity index is 1.95. The molecule has 0 radical (unpaired) electrons. The summed E-state index contributed by atoms with van der Waals surface area (Å²) in [6.45, 7) is 10.5. The largest absolute Gasteiger partial charge is 0.461 e. The number of nitrogens with zero attached hydrogens (tertiary/aromatic N) is 3. The molecule has 0 bridgehead atoms. The minimum Gasteiger partial charge on any atom is -0.461 e. The van der Waals surface area contributed by atoms with Gasteiger partial charge in [0.05, 0.1) is 12.6 Å². The molecule has 1 aromatic heterocycles. The third-order valence-corrected chi connectivity index (χ3v) is 3.27. The second-order valence-electron chi connectivity index (χ2n) is 6.40. The highest BCUT2D eigenvalue weighted by molar-refractivity contribution is 5.88. The predicted molar refractivity (Wildman–Crippen MR) is 79.8 cm³/mol. The zero-order valence-corrected chi connectivity index (χ0v) is 13.8. The van der Waals surface area contributed by atoms with Crippen LogP contribution in [0.15, 0.2) is 6.20 Å². The first-order chi connectivity index (χ1) is 10.2. The molecule has 0 atom stereocenters. The molecule has 7 nitrogen and oxygen atoms in total. The molecule has 7 heteroatoms. The molecule has 2 rings (SSSR count). The molecule has 2 heterocycles. The van der Waals surface area contributed by atoms with E-state index in [0.717, 1.165) is 5.56 Å². The van der Waals surface area contributed by atoms with Gasteiger partial charge in [-0.2, -0.15) is 5.10 Å². The second kappa shape index (κ2) is 5.98. The Kier molecular flexibility index (Phi) is 4.44. The van der Waals surface area contributed by atoms with Gasteiger partial charge in [0.1, 0.15) is 5.60 Å². The Labute approximate surface area is 130 Å². The molecule has 1 aliphatic heterocycles. The standard InChI is InChI=1S/C15H23N3O4/c1-6-21-13(19)12-10(2)7-18(16-12)11-8-17(9-11)14(20)22-15(3,4)5/h7,11H,6,8-9H2,1-5H3. The van der Waals surface area contributed by atoms with Crippen molar-refractivity contribution in [2.24, 2.45) is 0 Å². The minimum absolute atomic E-state index is 0.0643. The van der Waals surface area contributed by atoms with Crippen LogP contribution >= 0.6 is 0 Å². The fourth-order valence-corrected chi connectivity index (χ4v) is 2.17. The topological polar surface area (TPSA) is 73.7 Å². The van der Waals surface area contributed by atoms with E-state index in [4.69, 9.17) is 9.47 Å². The van der Waals surface area contributed by atoms with Crippen LogP contribution in [0.4, 0.5) is 4.79 Å². The van der Waals surface area contributed by atoms with E-state index in [-0.39, 0.29) is 12.1 Å². The Morgan fingerprint density at radius 3 is 2.55 bits per heavy atom. The lowest BCUT2D eigenvalue weighted by Crippen LogP contribution is -2.52. The van der Waals surface area contributed by atoms with Crippen LogP contribution in [-0.2, 0) is 9.47 Å². The Bertz CT molecular complexity index is 568. The lowest BCUT2D eigenvalue weighted by Gasteiger charge is -2.39. The summed E-state index contributed by atoms with van der Waals surface area (Å²) in [7, 11) is 0. The number of likely N-dealkylation sites (tertiary alicyclic amines) is 1. The highest BCUT2D eigenvalue weighted by Gasteiger charge is 2.35. The second-order valence-corrected chi connectivity index (χ2v) is 6.40. The van der Waals surface area contributed by atoms with Gasteiger partial charge in [-0.3, -0.25) is 4.68 Å². The summed E-state index contributed by atoms with van der Waals surface area (Å²) < 4.78 is 12.0. The molecule has 1 fully saturated rings.